The second-order valence-corrected chi connectivity index (χ2v) is 23.0. The van der Waals surface area contributed by atoms with Crippen molar-refractivity contribution < 1.29 is 28.7 Å². The molecule has 3 saturated heterocycles. The van der Waals surface area contributed by atoms with Gasteiger partial charge in [-0.2, -0.15) is 0 Å². The van der Waals surface area contributed by atoms with Crippen molar-refractivity contribution in [3.63, 3.8) is 0 Å². The van der Waals surface area contributed by atoms with Gasteiger partial charge in [-0.15, -0.1) is 0 Å². The molecule has 10 rings (SSSR count). The predicted octanol–water partition coefficient (Wildman–Crippen LogP) is 3.44. The summed E-state index contributed by atoms with van der Waals surface area (Å²) in [6.07, 6.45) is 13.2. The molecule has 5 fully saturated rings. The summed E-state index contributed by atoms with van der Waals surface area (Å²) in [4.78, 5) is 102. The number of hydrogen-bond acceptors (Lipinski definition) is 13. The highest BCUT2D eigenvalue weighted by molar-refractivity contribution is 5.94. The Morgan fingerprint density at radius 2 is 1.12 bits per heavy atom. The monoisotopic (exact) mass is 1040 g/mol. The first kappa shape index (κ1) is 53.7. The van der Waals surface area contributed by atoms with Gasteiger partial charge in [-0.05, 0) is 126 Å². The topological polar surface area (TPSA) is 235 Å². The third-order valence-corrected chi connectivity index (χ3v) is 18.4. The number of ether oxygens (including phenoxy) is 1. The van der Waals surface area contributed by atoms with Gasteiger partial charge in [-0.1, -0.05) is 87.1 Å². The van der Waals surface area contributed by atoms with Crippen LogP contribution in [-0.4, -0.2) is 128 Å². The molecule has 5 amide bonds. The zero-order chi connectivity index (χ0) is 53.2. The van der Waals surface area contributed by atoms with Crippen LogP contribution < -0.4 is 53.4 Å². The van der Waals surface area contributed by atoms with Crippen LogP contribution in [0.5, 0.6) is 0 Å². The van der Waals surface area contributed by atoms with E-state index in [9.17, 15) is 33.6 Å². The Balaban J connectivity index is 0.833. The first-order valence-corrected chi connectivity index (χ1v) is 28.6. The molecule has 8 N–H and O–H groups in total. The Kier molecular flexibility index (Phi) is 16.6. The van der Waals surface area contributed by atoms with Crippen LogP contribution in [0.1, 0.15) is 138 Å². The second kappa shape index (κ2) is 23.5. The highest BCUT2D eigenvalue weighted by Crippen LogP contribution is 2.39. The number of likely N-dealkylation sites (N-methyl/N-ethyl adjacent to an activating group) is 2. The maximum atomic E-state index is 14.7. The summed E-state index contributed by atoms with van der Waals surface area (Å²) in [5, 5.41) is 26.2. The van der Waals surface area contributed by atoms with Crippen molar-refractivity contribution in [2.45, 2.75) is 183 Å². The molecule has 18 nitrogen and oxygen atoms in total. The summed E-state index contributed by atoms with van der Waals surface area (Å²) in [5.74, 6) is -1.10. The number of nitrogens with zero attached hydrogens (tertiary/aromatic N) is 2. The molecule has 2 unspecified atom stereocenters. The fourth-order valence-electron chi connectivity index (χ4n) is 13.7. The zero-order valence-electron chi connectivity index (χ0n) is 44.8. The van der Waals surface area contributed by atoms with E-state index in [1.165, 1.54) is 6.42 Å². The van der Waals surface area contributed by atoms with Crippen molar-refractivity contribution >= 4 is 40.9 Å². The van der Waals surface area contributed by atoms with Gasteiger partial charge >= 0.3 is 0 Å². The minimum absolute atomic E-state index is 0.0122. The second-order valence-electron chi connectivity index (χ2n) is 23.0. The summed E-state index contributed by atoms with van der Waals surface area (Å²) in [6.45, 7) is 5.23. The Hall–Kier alpha value is -5.69. The Labute approximate surface area is 446 Å². The summed E-state index contributed by atoms with van der Waals surface area (Å²) >= 11 is 0. The number of amides is 5. The van der Waals surface area contributed by atoms with Crippen LogP contribution in [0, 0.1) is 17.8 Å². The quantitative estimate of drug-likeness (QED) is 0.0600. The molecule has 0 spiro atoms. The fourth-order valence-corrected chi connectivity index (χ4v) is 13.7. The van der Waals surface area contributed by atoms with E-state index in [1.807, 2.05) is 55.6 Å². The lowest BCUT2D eigenvalue weighted by Gasteiger charge is -2.35. The molecule has 76 heavy (non-hydrogen) atoms. The summed E-state index contributed by atoms with van der Waals surface area (Å²) in [5.41, 5.74) is 2.69. The molecular weight excluding hydrogens is 965 g/mol. The molecular formula is C58H80N10O8. The Morgan fingerprint density at radius 3 is 1.63 bits per heavy atom. The van der Waals surface area contributed by atoms with Gasteiger partial charge in [0.1, 0.15) is 41.8 Å². The number of hydrogen-bond donors (Lipinski definition) is 8. The maximum Gasteiger partial charge on any atom is 0.253 e. The summed E-state index contributed by atoms with van der Waals surface area (Å²) in [7, 11) is 3.62. The number of carbonyl (C=O) groups excluding carboxylic acids is 5. The van der Waals surface area contributed by atoms with E-state index in [0.29, 0.717) is 58.2 Å². The van der Waals surface area contributed by atoms with Crippen molar-refractivity contribution in [2.75, 3.05) is 44.4 Å². The Morgan fingerprint density at radius 1 is 0.618 bits per heavy atom. The first-order valence-electron chi connectivity index (χ1n) is 28.6. The minimum atomic E-state index is -0.752. The van der Waals surface area contributed by atoms with E-state index in [4.69, 9.17) is 4.74 Å². The largest absolute Gasteiger partial charge is 0.374 e. The van der Waals surface area contributed by atoms with E-state index >= 15 is 0 Å². The van der Waals surface area contributed by atoms with Crippen LogP contribution in [-0.2, 0) is 41.6 Å². The lowest BCUT2D eigenvalue weighted by molar-refractivity contribution is -0.143. The molecule has 0 aromatic heterocycles. The Bertz CT molecular complexity index is 2680. The molecule has 3 aromatic rings. The standard InChI is InChI=1S/C58H80N10O8/c1-32(59-3)52-56(76-52)61-31-40(34-17-7-5-8-18-34)57(74)67-27-15-25-43(67)54(72)65-46-38-23-13-11-21-36(38)29-41(46)62-48-49(51(70)50(48)69)63-42-30-37-22-12-14-24-39(37)47(42)66-55(73)44-26-16-28-68(44)58(75)45(35-19-9-6-10-20-35)64-53(71)33(2)60-4/h11-14,21-24,32-35,40-47,52,56,59-63H,5-10,15-20,25-31H2,1-4H3,(H,64,71)(H,65,72)(H,66,73)/t32-,33-,40-,41+,42+,43-,44-,45-,46-,47-,52?,56?/m0/s1. The predicted molar refractivity (Wildman–Crippen MR) is 290 cm³/mol. The number of anilines is 2. The average Bonchev–Trinajstić information content (AvgIpc) is 3.86. The summed E-state index contributed by atoms with van der Waals surface area (Å²) < 4.78 is 5.92. The normalized spacial score (nSPS) is 28.0. The van der Waals surface area contributed by atoms with Gasteiger partial charge in [0.05, 0.1) is 36.1 Å². The van der Waals surface area contributed by atoms with Crippen LogP contribution in [0.3, 0.4) is 0 Å². The van der Waals surface area contributed by atoms with Crippen LogP contribution in [0.25, 0.3) is 0 Å². The SMILES string of the molecule is CN[C@@H](C)C(=O)N[C@H](C(=O)N1CCC[C@H]1C(=O)N[C@H]1c2ccccc2C[C@H]1Nc1c(N[C@@H]2Cc3ccccc3[C@@H]2NC(=O)[C@@H]2CCCN2C(=O)[C@@H](CNC2OC2[C@H](C)NC)C2CCCCC2)c(=O)c1=O)C1CCCCC1. The van der Waals surface area contributed by atoms with Crippen LogP contribution in [0.2, 0.25) is 0 Å². The van der Waals surface area contributed by atoms with Crippen LogP contribution >= 0.6 is 0 Å². The van der Waals surface area contributed by atoms with Gasteiger partial charge < -0.3 is 51.8 Å². The van der Waals surface area contributed by atoms with E-state index in [0.717, 1.165) is 80.0 Å². The van der Waals surface area contributed by atoms with E-state index in [2.05, 4.69) is 49.5 Å². The highest BCUT2D eigenvalue weighted by Gasteiger charge is 2.47. The third-order valence-electron chi connectivity index (χ3n) is 18.4. The average molecular weight is 1050 g/mol. The van der Waals surface area contributed by atoms with E-state index in [-0.39, 0.29) is 77.0 Å². The zero-order valence-corrected chi connectivity index (χ0v) is 44.8. The summed E-state index contributed by atoms with van der Waals surface area (Å²) in [6, 6.07) is 11.0. The van der Waals surface area contributed by atoms with Crippen molar-refractivity contribution in [3.8, 4) is 0 Å². The van der Waals surface area contributed by atoms with Crippen LogP contribution in [0.4, 0.5) is 11.4 Å². The number of rotatable bonds is 20. The molecule has 0 bridgehead atoms. The lowest BCUT2D eigenvalue weighted by Crippen LogP contribution is -2.58. The number of nitrogens with one attached hydrogen (secondary N) is 8. The smallest absolute Gasteiger partial charge is 0.253 e. The van der Waals surface area contributed by atoms with Gasteiger partial charge in [-0.25, -0.2) is 0 Å². The number of likely N-dealkylation sites (tertiary alicyclic amines) is 2. The molecule has 7 aliphatic rings. The number of epoxide rings is 1. The molecule has 2 saturated carbocycles. The van der Waals surface area contributed by atoms with Crippen LogP contribution in [0.15, 0.2) is 58.1 Å². The van der Waals surface area contributed by atoms with Gasteiger partial charge in [0, 0.05) is 25.7 Å². The molecule has 3 aromatic carbocycles. The number of carbonyl (C=O) groups is 5. The molecule has 4 aliphatic carbocycles. The van der Waals surface area contributed by atoms with Crippen molar-refractivity contribution in [2.24, 2.45) is 17.8 Å². The molecule has 0 radical (unpaired) electrons. The first-order chi connectivity index (χ1) is 36.8. The number of benzene rings is 2. The minimum Gasteiger partial charge on any atom is -0.374 e. The molecule has 3 aliphatic heterocycles. The number of fused-ring (bicyclic) bond motifs is 2. The molecule has 12 atom stereocenters. The fraction of sp³-hybridized carbons (Fsp3) is 0.638. The highest BCUT2D eigenvalue weighted by atomic mass is 16.6. The van der Waals surface area contributed by atoms with E-state index < -0.39 is 59.2 Å². The molecule has 410 valence electrons. The third kappa shape index (κ3) is 11.1. The van der Waals surface area contributed by atoms with Gasteiger partial charge in [0.15, 0.2) is 0 Å². The maximum absolute atomic E-state index is 14.7. The lowest BCUT2D eigenvalue weighted by atomic mass is 9.79. The van der Waals surface area contributed by atoms with Gasteiger partial charge in [0.2, 0.25) is 29.5 Å². The van der Waals surface area contributed by atoms with E-state index in [1.54, 1.807) is 23.8 Å². The van der Waals surface area contributed by atoms with Gasteiger partial charge in [-0.3, -0.25) is 38.9 Å². The van der Waals surface area contributed by atoms with Crippen molar-refractivity contribution in [1.29, 1.82) is 0 Å². The molecule has 18 heteroatoms. The molecule has 3 heterocycles. The van der Waals surface area contributed by atoms with Gasteiger partial charge in [0.25, 0.3) is 10.9 Å². The van der Waals surface area contributed by atoms with Crippen molar-refractivity contribution in [1.82, 2.24) is 41.7 Å². The van der Waals surface area contributed by atoms with Crippen molar-refractivity contribution in [3.05, 3.63) is 91.2 Å².